The van der Waals surface area contributed by atoms with Crippen molar-refractivity contribution >= 4 is 33.6 Å². The zero-order valence-electron chi connectivity index (χ0n) is 11.6. The molecule has 0 aromatic heterocycles. The smallest absolute Gasteiger partial charge is 0.233 e. The van der Waals surface area contributed by atoms with Crippen LogP contribution in [0, 0.1) is 0 Å². The first kappa shape index (κ1) is 16.6. The van der Waals surface area contributed by atoms with Gasteiger partial charge in [-0.2, -0.15) is 0 Å². The van der Waals surface area contributed by atoms with Gasteiger partial charge in [0.25, 0.3) is 0 Å². The van der Waals surface area contributed by atoms with E-state index in [2.05, 4.69) is 29.8 Å². The van der Waals surface area contributed by atoms with Gasteiger partial charge in [-0.15, -0.1) is 11.8 Å². The molecule has 0 heterocycles. The molecule has 0 aliphatic rings. The summed E-state index contributed by atoms with van der Waals surface area (Å²) in [4.78, 5) is 15.5. The van der Waals surface area contributed by atoms with E-state index in [-0.39, 0.29) is 5.91 Å². The molecule has 0 N–H and O–H groups in total. The fourth-order valence-corrected chi connectivity index (χ4v) is 3.26. The molecule has 0 aliphatic heterocycles. The molecule has 19 heavy (non-hydrogen) atoms. The maximum atomic E-state index is 12.3. The Hall–Kier alpha value is -0.480. The van der Waals surface area contributed by atoms with Crippen LogP contribution in [0.15, 0.2) is 35.2 Å². The van der Waals surface area contributed by atoms with Gasteiger partial charge < -0.3 is 4.90 Å². The lowest BCUT2D eigenvalue weighted by molar-refractivity contribution is -0.130. The van der Waals surface area contributed by atoms with Crippen molar-refractivity contribution in [3.05, 3.63) is 30.3 Å². The molecule has 1 aromatic rings. The predicted molar refractivity (Wildman–Crippen MR) is 87.0 cm³/mol. The molecule has 0 unspecified atom stereocenters. The van der Waals surface area contributed by atoms with Gasteiger partial charge in [-0.05, 0) is 25.0 Å². The zero-order chi connectivity index (χ0) is 14.1. The van der Waals surface area contributed by atoms with Crippen LogP contribution in [-0.4, -0.2) is 34.5 Å². The number of thioether (sulfide) groups is 1. The quantitative estimate of drug-likeness (QED) is 0.521. The van der Waals surface area contributed by atoms with Crippen LogP contribution in [-0.2, 0) is 4.79 Å². The van der Waals surface area contributed by atoms with Crippen molar-refractivity contribution < 1.29 is 4.79 Å². The molecule has 0 bridgehead atoms. The minimum atomic E-state index is 0.238. The van der Waals surface area contributed by atoms with Crippen LogP contribution in [0.3, 0.4) is 0 Å². The number of carbonyl (C=O) groups is 1. The van der Waals surface area contributed by atoms with E-state index >= 15 is 0 Å². The summed E-state index contributed by atoms with van der Waals surface area (Å²) in [5, 5.41) is 0.839. The highest BCUT2D eigenvalue weighted by atomic mass is 79.9. The molecule has 0 saturated heterocycles. The highest BCUT2D eigenvalue weighted by Crippen LogP contribution is 2.19. The van der Waals surface area contributed by atoms with Crippen molar-refractivity contribution in [2.75, 3.05) is 17.6 Å². The van der Waals surface area contributed by atoms with Gasteiger partial charge in [-0.1, -0.05) is 48.0 Å². The Kier molecular flexibility index (Phi) is 8.22. The van der Waals surface area contributed by atoms with E-state index in [1.54, 1.807) is 11.8 Å². The molecule has 0 aliphatic carbocycles. The molecule has 1 aromatic carbocycles. The van der Waals surface area contributed by atoms with Crippen molar-refractivity contribution in [3.63, 3.8) is 0 Å². The van der Waals surface area contributed by atoms with E-state index in [4.69, 9.17) is 0 Å². The molecule has 0 atom stereocenters. The number of amides is 1. The van der Waals surface area contributed by atoms with E-state index in [0.717, 1.165) is 29.6 Å². The number of rotatable bonds is 8. The Bertz CT molecular complexity index is 368. The second-order valence-electron chi connectivity index (χ2n) is 4.35. The molecule has 0 spiro atoms. The number of alkyl halides is 1. The third kappa shape index (κ3) is 5.57. The minimum Gasteiger partial charge on any atom is -0.338 e. The van der Waals surface area contributed by atoms with Gasteiger partial charge in [0.05, 0.1) is 5.75 Å². The summed E-state index contributed by atoms with van der Waals surface area (Å²) >= 11 is 5.05. The first-order chi connectivity index (χ1) is 9.22. The summed E-state index contributed by atoms with van der Waals surface area (Å²) in [7, 11) is 0. The summed E-state index contributed by atoms with van der Waals surface area (Å²) < 4.78 is 0. The first-order valence-corrected chi connectivity index (χ1v) is 8.86. The van der Waals surface area contributed by atoms with Crippen LogP contribution >= 0.6 is 27.7 Å². The number of nitrogens with zero attached hydrogens (tertiary/aromatic N) is 1. The number of hydrogen-bond donors (Lipinski definition) is 0. The lowest BCUT2D eigenvalue weighted by Crippen LogP contribution is -2.42. The van der Waals surface area contributed by atoms with Crippen LogP contribution in [0.2, 0.25) is 0 Å². The highest BCUT2D eigenvalue weighted by Gasteiger charge is 2.20. The number of hydrogen-bond acceptors (Lipinski definition) is 2. The van der Waals surface area contributed by atoms with Crippen molar-refractivity contribution in [3.8, 4) is 0 Å². The summed E-state index contributed by atoms with van der Waals surface area (Å²) in [6.07, 6.45) is 2.04. The number of halogens is 1. The predicted octanol–water partition coefficient (Wildman–Crippen LogP) is 4.19. The Balaban J connectivity index is 2.57. The topological polar surface area (TPSA) is 20.3 Å². The minimum absolute atomic E-state index is 0.238. The monoisotopic (exact) mass is 343 g/mol. The Labute approximate surface area is 129 Å². The summed E-state index contributed by atoms with van der Waals surface area (Å²) in [6, 6.07) is 10.5. The van der Waals surface area contributed by atoms with Crippen molar-refractivity contribution in [2.24, 2.45) is 0 Å². The van der Waals surface area contributed by atoms with Gasteiger partial charge in [-0.3, -0.25) is 4.79 Å². The summed E-state index contributed by atoms with van der Waals surface area (Å²) in [5.74, 6) is 0.759. The highest BCUT2D eigenvalue weighted by molar-refractivity contribution is 9.09. The van der Waals surface area contributed by atoms with Gasteiger partial charge in [-0.25, -0.2) is 0 Å². The van der Waals surface area contributed by atoms with Gasteiger partial charge in [0.15, 0.2) is 0 Å². The third-order valence-electron chi connectivity index (χ3n) is 3.13. The lowest BCUT2D eigenvalue weighted by atomic mass is 10.1. The van der Waals surface area contributed by atoms with Crippen LogP contribution in [0.25, 0.3) is 0 Å². The van der Waals surface area contributed by atoms with E-state index in [0.29, 0.717) is 11.8 Å². The molecule has 106 valence electrons. The molecular weight excluding hydrogens is 322 g/mol. The van der Waals surface area contributed by atoms with E-state index < -0.39 is 0 Å². The van der Waals surface area contributed by atoms with E-state index in [1.165, 1.54) is 0 Å². The molecule has 4 heteroatoms. The fraction of sp³-hybridized carbons (Fsp3) is 0.533. The second kappa shape index (κ2) is 9.43. The van der Waals surface area contributed by atoms with Gasteiger partial charge in [0.2, 0.25) is 5.91 Å². The molecule has 0 radical (unpaired) electrons. The van der Waals surface area contributed by atoms with Crippen LogP contribution in [0.1, 0.15) is 26.7 Å². The number of benzene rings is 1. The second-order valence-corrected chi connectivity index (χ2v) is 6.19. The standard InChI is InChI=1S/C15H22BrNOS/c1-3-13(4-2)17(11-10-16)15(18)12-19-14-8-6-5-7-9-14/h5-9,13H,3-4,10-12H2,1-2H3. The average Bonchev–Trinajstić information content (AvgIpc) is 2.46. The largest absolute Gasteiger partial charge is 0.338 e. The van der Waals surface area contributed by atoms with Crippen molar-refractivity contribution in [1.82, 2.24) is 4.90 Å². The summed E-state index contributed by atoms with van der Waals surface area (Å²) in [5.41, 5.74) is 0. The maximum absolute atomic E-state index is 12.3. The number of carbonyl (C=O) groups excluding carboxylic acids is 1. The molecule has 1 rings (SSSR count). The Morgan fingerprint density at radius 1 is 1.26 bits per heavy atom. The summed E-state index contributed by atoms with van der Waals surface area (Å²) in [6.45, 7) is 5.08. The fourth-order valence-electron chi connectivity index (χ4n) is 2.08. The maximum Gasteiger partial charge on any atom is 0.233 e. The van der Waals surface area contributed by atoms with Gasteiger partial charge >= 0.3 is 0 Å². The molecular formula is C15H22BrNOS. The average molecular weight is 344 g/mol. The molecule has 0 saturated carbocycles. The molecule has 2 nitrogen and oxygen atoms in total. The zero-order valence-corrected chi connectivity index (χ0v) is 14.0. The molecule has 1 amide bonds. The lowest BCUT2D eigenvalue weighted by Gasteiger charge is -2.30. The molecule has 0 fully saturated rings. The SMILES string of the molecule is CCC(CC)N(CCBr)C(=O)CSc1ccccc1. The van der Waals surface area contributed by atoms with Gasteiger partial charge in [0.1, 0.15) is 0 Å². The van der Waals surface area contributed by atoms with Gasteiger partial charge in [0, 0.05) is 22.8 Å². The van der Waals surface area contributed by atoms with Crippen molar-refractivity contribution in [2.45, 2.75) is 37.6 Å². The Morgan fingerprint density at radius 2 is 1.89 bits per heavy atom. The third-order valence-corrected chi connectivity index (χ3v) is 4.49. The van der Waals surface area contributed by atoms with E-state index in [9.17, 15) is 4.79 Å². The Morgan fingerprint density at radius 3 is 2.42 bits per heavy atom. The van der Waals surface area contributed by atoms with Crippen LogP contribution in [0.5, 0.6) is 0 Å². The van der Waals surface area contributed by atoms with Crippen molar-refractivity contribution in [1.29, 1.82) is 0 Å². The van der Waals surface area contributed by atoms with Crippen LogP contribution < -0.4 is 0 Å². The van der Waals surface area contributed by atoms with Crippen LogP contribution in [0.4, 0.5) is 0 Å². The van der Waals surface area contributed by atoms with E-state index in [1.807, 2.05) is 35.2 Å². The first-order valence-electron chi connectivity index (χ1n) is 6.76. The normalized spacial score (nSPS) is 10.7.